The topological polar surface area (TPSA) is 63.6 Å². The molecule has 2 atom stereocenters. The zero-order valence-corrected chi connectivity index (χ0v) is 11.3. The van der Waals surface area contributed by atoms with Crippen LogP contribution in [-0.4, -0.2) is 33.0 Å². The number of aliphatic carboxylic acids is 1. The quantitative estimate of drug-likeness (QED) is 0.865. The maximum atomic E-state index is 12.3. The van der Waals surface area contributed by atoms with Gasteiger partial charge in [-0.25, -0.2) is 0 Å². The molecule has 0 amide bonds. The van der Waals surface area contributed by atoms with E-state index in [4.69, 9.17) is 16.7 Å². The van der Waals surface area contributed by atoms with E-state index in [2.05, 4.69) is 0 Å². The number of piperidine rings is 1. The number of hydrogen-bond donors (Lipinski definition) is 1. The molecule has 1 aromatic carbocycles. The minimum atomic E-state index is -1.30. The number of carbonyl (C=O) groups is 1. The van der Waals surface area contributed by atoms with Gasteiger partial charge in [-0.3, -0.25) is 4.79 Å². The molecule has 1 N–H and O–H groups in total. The van der Waals surface area contributed by atoms with E-state index >= 15 is 0 Å². The molecule has 1 aliphatic heterocycles. The molecule has 0 bridgehead atoms. The standard InChI is InChI=1S/C12H14ClNO3S/c13-10-3-5-11(6-4-10)18(17)14-7-1-2-9(8-14)12(15)16/h3-6,9H,1-2,7-8H2,(H,15,16). The molecule has 0 aromatic heterocycles. The highest BCUT2D eigenvalue weighted by atomic mass is 35.5. The Kier molecular flexibility index (Phi) is 4.50. The van der Waals surface area contributed by atoms with Crippen LogP contribution >= 0.6 is 11.6 Å². The molecule has 98 valence electrons. The van der Waals surface area contributed by atoms with E-state index in [1.54, 1.807) is 28.6 Å². The van der Waals surface area contributed by atoms with Crippen molar-refractivity contribution in [3.63, 3.8) is 0 Å². The molecule has 18 heavy (non-hydrogen) atoms. The fourth-order valence-corrected chi connectivity index (χ4v) is 3.40. The zero-order valence-electron chi connectivity index (χ0n) is 9.71. The van der Waals surface area contributed by atoms with Crippen molar-refractivity contribution in [3.8, 4) is 0 Å². The van der Waals surface area contributed by atoms with E-state index < -0.39 is 23.2 Å². The third-order valence-electron chi connectivity index (χ3n) is 2.98. The van der Waals surface area contributed by atoms with E-state index in [1.807, 2.05) is 0 Å². The van der Waals surface area contributed by atoms with E-state index in [1.165, 1.54) is 0 Å². The van der Waals surface area contributed by atoms with Gasteiger partial charge >= 0.3 is 5.97 Å². The Morgan fingerprint density at radius 3 is 2.72 bits per heavy atom. The minimum absolute atomic E-state index is 0.338. The average molecular weight is 288 g/mol. The SMILES string of the molecule is O=C(O)C1CCCN([S+]([O-])c2ccc(Cl)cc2)C1. The van der Waals surface area contributed by atoms with Gasteiger partial charge in [0.2, 0.25) is 0 Å². The lowest BCUT2D eigenvalue weighted by Gasteiger charge is -2.30. The van der Waals surface area contributed by atoms with Crippen molar-refractivity contribution in [3.05, 3.63) is 29.3 Å². The maximum absolute atomic E-state index is 12.3. The van der Waals surface area contributed by atoms with Crippen LogP contribution in [0.15, 0.2) is 29.2 Å². The third-order valence-corrected chi connectivity index (χ3v) is 4.71. The van der Waals surface area contributed by atoms with Crippen LogP contribution in [0.2, 0.25) is 5.02 Å². The number of carboxylic acids is 1. The van der Waals surface area contributed by atoms with Gasteiger partial charge in [-0.1, -0.05) is 11.6 Å². The highest BCUT2D eigenvalue weighted by Gasteiger charge is 2.32. The number of rotatable bonds is 3. The van der Waals surface area contributed by atoms with Crippen molar-refractivity contribution >= 4 is 28.9 Å². The van der Waals surface area contributed by atoms with Crippen molar-refractivity contribution in [2.24, 2.45) is 5.92 Å². The molecule has 1 heterocycles. The minimum Gasteiger partial charge on any atom is -0.593 e. The second kappa shape index (κ2) is 5.93. The van der Waals surface area contributed by atoms with Crippen molar-refractivity contribution < 1.29 is 14.5 Å². The van der Waals surface area contributed by atoms with Gasteiger partial charge < -0.3 is 9.66 Å². The number of hydrogen-bond acceptors (Lipinski definition) is 3. The first-order valence-electron chi connectivity index (χ1n) is 5.73. The summed E-state index contributed by atoms with van der Waals surface area (Å²) < 4.78 is 14.0. The van der Waals surface area contributed by atoms with Gasteiger partial charge in [-0.2, -0.15) is 0 Å². The molecule has 0 aliphatic carbocycles. The van der Waals surface area contributed by atoms with E-state index in [0.717, 1.165) is 6.42 Å². The highest BCUT2D eigenvalue weighted by Crippen LogP contribution is 2.24. The number of carboxylic acid groups (broad SMARTS) is 1. The first-order valence-corrected chi connectivity index (χ1v) is 7.21. The van der Waals surface area contributed by atoms with Crippen molar-refractivity contribution in [2.45, 2.75) is 17.7 Å². The molecule has 1 fully saturated rings. The molecule has 6 heteroatoms. The van der Waals surface area contributed by atoms with E-state index in [9.17, 15) is 9.35 Å². The van der Waals surface area contributed by atoms with Gasteiger partial charge in [-0.15, -0.1) is 4.31 Å². The Labute approximate surface area is 114 Å². The van der Waals surface area contributed by atoms with Gasteiger partial charge in [0.1, 0.15) is 0 Å². The van der Waals surface area contributed by atoms with Gasteiger partial charge in [0.25, 0.3) is 0 Å². The lowest BCUT2D eigenvalue weighted by atomic mass is 10.0. The van der Waals surface area contributed by atoms with Crippen LogP contribution in [0.25, 0.3) is 0 Å². The molecule has 2 unspecified atom stereocenters. The normalized spacial score (nSPS) is 22.7. The summed E-state index contributed by atoms with van der Waals surface area (Å²) in [7, 11) is 0. The van der Waals surface area contributed by atoms with Crippen LogP contribution in [0.1, 0.15) is 12.8 Å². The lowest BCUT2D eigenvalue weighted by molar-refractivity contribution is -0.142. The van der Waals surface area contributed by atoms with Gasteiger partial charge in [0.05, 0.1) is 23.8 Å². The number of halogens is 1. The Bertz CT molecular complexity index is 426. The van der Waals surface area contributed by atoms with Gasteiger partial charge in [0.15, 0.2) is 4.90 Å². The highest BCUT2D eigenvalue weighted by molar-refractivity contribution is 7.89. The fourth-order valence-electron chi connectivity index (χ4n) is 1.99. The van der Waals surface area contributed by atoms with Crippen LogP contribution in [0.4, 0.5) is 0 Å². The fraction of sp³-hybridized carbons (Fsp3) is 0.417. The summed E-state index contributed by atoms with van der Waals surface area (Å²) in [5.41, 5.74) is 0. The Balaban J connectivity index is 2.06. The van der Waals surface area contributed by atoms with Crippen LogP contribution in [-0.2, 0) is 16.2 Å². The first kappa shape index (κ1) is 13.7. The third kappa shape index (κ3) is 3.17. The zero-order chi connectivity index (χ0) is 13.1. The number of nitrogens with zero attached hydrogens (tertiary/aromatic N) is 1. The summed E-state index contributed by atoms with van der Waals surface area (Å²) >= 11 is 4.47. The predicted octanol–water partition coefficient (Wildman–Crippen LogP) is 2.16. The molecular weight excluding hydrogens is 274 g/mol. The first-order chi connectivity index (χ1) is 8.58. The molecule has 1 aliphatic rings. The van der Waals surface area contributed by atoms with Crippen LogP contribution in [0.5, 0.6) is 0 Å². The molecule has 1 saturated heterocycles. The van der Waals surface area contributed by atoms with E-state index in [0.29, 0.717) is 29.4 Å². The smallest absolute Gasteiger partial charge is 0.307 e. The van der Waals surface area contributed by atoms with Gasteiger partial charge in [0, 0.05) is 11.6 Å². The van der Waals surface area contributed by atoms with Crippen molar-refractivity contribution in [1.29, 1.82) is 0 Å². The molecule has 0 saturated carbocycles. The summed E-state index contributed by atoms with van der Waals surface area (Å²) in [6.45, 7) is 1.00. The number of benzene rings is 1. The molecular formula is C12H14ClNO3S. The van der Waals surface area contributed by atoms with E-state index in [-0.39, 0.29) is 0 Å². The Morgan fingerprint density at radius 2 is 2.11 bits per heavy atom. The van der Waals surface area contributed by atoms with Gasteiger partial charge in [-0.05, 0) is 37.1 Å². The van der Waals surface area contributed by atoms with Crippen LogP contribution in [0, 0.1) is 5.92 Å². The lowest BCUT2D eigenvalue weighted by Crippen LogP contribution is -2.42. The molecule has 4 nitrogen and oxygen atoms in total. The van der Waals surface area contributed by atoms with Crippen molar-refractivity contribution in [2.75, 3.05) is 13.1 Å². The predicted molar refractivity (Wildman–Crippen MR) is 69.8 cm³/mol. The second-order valence-electron chi connectivity index (χ2n) is 4.27. The monoisotopic (exact) mass is 287 g/mol. The Hall–Kier alpha value is -0.750. The largest absolute Gasteiger partial charge is 0.593 e. The summed E-state index contributed by atoms with van der Waals surface area (Å²) in [5, 5.41) is 9.60. The summed E-state index contributed by atoms with van der Waals surface area (Å²) in [4.78, 5) is 11.6. The van der Waals surface area contributed by atoms with Crippen LogP contribution < -0.4 is 0 Å². The molecule has 0 spiro atoms. The van der Waals surface area contributed by atoms with Crippen molar-refractivity contribution in [1.82, 2.24) is 4.31 Å². The molecule has 2 rings (SSSR count). The maximum Gasteiger partial charge on any atom is 0.307 e. The second-order valence-corrected chi connectivity index (χ2v) is 6.19. The Morgan fingerprint density at radius 1 is 1.44 bits per heavy atom. The molecule has 1 aromatic rings. The summed E-state index contributed by atoms with van der Waals surface area (Å²) in [6.07, 6.45) is 1.42. The van der Waals surface area contributed by atoms with Crippen LogP contribution in [0.3, 0.4) is 0 Å². The average Bonchev–Trinajstić information content (AvgIpc) is 2.39. The summed E-state index contributed by atoms with van der Waals surface area (Å²) in [6, 6.07) is 6.80. The summed E-state index contributed by atoms with van der Waals surface area (Å²) in [5.74, 6) is -1.23. The molecule has 0 radical (unpaired) electrons.